The maximum absolute atomic E-state index is 6.06. The number of hydrogen-bond donors (Lipinski definition) is 1. The molecule has 0 aliphatic heterocycles. The highest BCUT2D eigenvalue weighted by molar-refractivity contribution is 7.99. The maximum atomic E-state index is 6.06. The Hall–Kier alpha value is -0.410. The lowest BCUT2D eigenvalue weighted by Crippen LogP contribution is -2.26. The molecular formula is C11H15ClN2S. The van der Waals surface area contributed by atoms with E-state index in [0.717, 1.165) is 5.82 Å². The van der Waals surface area contributed by atoms with E-state index in [0.29, 0.717) is 16.3 Å². The summed E-state index contributed by atoms with van der Waals surface area (Å²) in [4.78, 5) is 4.26. The molecule has 0 saturated heterocycles. The molecule has 15 heavy (non-hydrogen) atoms. The van der Waals surface area contributed by atoms with Crippen LogP contribution in [0, 0.1) is 0 Å². The Labute approximate surface area is 99.8 Å². The second-order valence-electron chi connectivity index (χ2n) is 3.79. The van der Waals surface area contributed by atoms with Crippen molar-refractivity contribution in [3.8, 4) is 0 Å². The summed E-state index contributed by atoms with van der Waals surface area (Å²) in [6, 6.07) is 4.25. The van der Waals surface area contributed by atoms with E-state index in [2.05, 4.69) is 16.6 Å². The molecule has 1 aliphatic rings. The predicted octanol–water partition coefficient (Wildman–Crippen LogP) is 3.43. The molecule has 82 valence electrons. The van der Waals surface area contributed by atoms with E-state index in [1.807, 2.05) is 23.9 Å². The summed E-state index contributed by atoms with van der Waals surface area (Å²) in [5.41, 5.74) is 0. The van der Waals surface area contributed by atoms with Gasteiger partial charge < -0.3 is 5.32 Å². The lowest BCUT2D eigenvalue weighted by Gasteiger charge is -2.20. The van der Waals surface area contributed by atoms with Crippen molar-refractivity contribution < 1.29 is 0 Å². The van der Waals surface area contributed by atoms with Crippen LogP contribution in [0.3, 0.4) is 0 Å². The van der Waals surface area contributed by atoms with Gasteiger partial charge in [0.05, 0.1) is 5.02 Å². The van der Waals surface area contributed by atoms with Gasteiger partial charge in [0.25, 0.3) is 0 Å². The minimum Gasteiger partial charge on any atom is -0.365 e. The molecule has 1 aromatic rings. The Bertz CT molecular complexity index is 332. The van der Waals surface area contributed by atoms with Crippen molar-refractivity contribution in [2.75, 3.05) is 11.6 Å². The highest BCUT2D eigenvalue weighted by atomic mass is 35.5. The number of anilines is 1. The van der Waals surface area contributed by atoms with Gasteiger partial charge in [0.1, 0.15) is 5.82 Å². The third-order valence-corrected chi connectivity index (χ3v) is 4.31. The second kappa shape index (κ2) is 5.08. The molecule has 0 amide bonds. The van der Waals surface area contributed by atoms with Gasteiger partial charge in [0.2, 0.25) is 0 Å². The van der Waals surface area contributed by atoms with Crippen molar-refractivity contribution in [1.82, 2.24) is 4.98 Å². The number of hydrogen-bond acceptors (Lipinski definition) is 3. The molecule has 2 nitrogen and oxygen atoms in total. The molecule has 1 saturated carbocycles. The van der Waals surface area contributed by atoms with Crippen molar-refractivity contribution >= 4 is 29.2 Å². The Morgan fingerprint density at radius 3 is 3.13 bits per heavy atom. The van der Waals surface area contributed by atoms with Gasteiger partial charge in [0.15, 0.2) is 0 Å². The first kappa shape index (κ1) is 11.1. The highest BCUT2D eigenvalue weighted by Crippen LogP contribution is 2.31. The fraction of sp³-hybridized carbons (Fsp3) is 0.545. The monoisotopic (exact) mass is 242 g/mol. The van der Waals surface area contributed by atoms with Crippen LogP contribution in [0.25, 0.3) is 0 Å². The first-order valence-corrected chi connectivity index (χ1v) is 6.87. The van der Waals surface area contributed by atoms with E-state index in [4.69, 9.17) is 11.6 Å². The van der Waals surface area contributed by atoms with Gasteiger partial charge >= 0.3 is 0 Å². The molecule has 1 heterocycles. The van der Waals surface area contributed by atoms with E-state index in [-0.39, 0.29) is 0 Å². The summed E-state index contributed by atoms with van der Waals surface area (Å²) in [5.74, 6) is 0.824. The van der Waals surface area contributed by atoms with Gasteiger partial charge in [-0.25, -0.2) is 4.98 Å². The predicted molar refractivity (Wildman–Crippen MR) is 67.8 cm³/mol. The molecule has 0 spiro atoms. The minimum atomic E-state index is 0.521. The van der Waals surface area contributed by atoms with Crippen LogP contribution >= 0.6 is 23.4 Å². The van der Waals surface area contributed by atoms with Crippen molar-refractivity contribution in [2.24, 2.45) is 0 Å². The molecule has 2 rings (SSSR count). The molecular weight excluding hydrogens is 228 g/mol. The zero-order valence-electron chi connectivity index (χ0n) is 8.74. The molecule has 0 radical (unpaired) electrons. The third kappa shape index (κ3) is 2.58. The maximum Gasteiger partial charge on any atom is 0.145 e. The molecule has 0 bridgehead atoms. The van der Waals surface area contributed by atoms with Crippen LogP contribution in [0.1, 0.15) is 19.3 Å². The molecule has 1 aliphatic carbocycles. The van der Waals surface area contributed by atoms with Gasteiger partial charge in [-0.1, -0.05) is 18.0 Å². The van der Waals surface area contributed by atoms with E-state index in [1.54, 1.807) is 6.20 Å². The topological polar surface area (TPSA) is 24.9 Å². The van der Waals surface area contributed by atoms with Gasteiger partial charge in [-0.3, -0.25) is 0 Å². The zero-order valence-corrected chi connectivity index (χ0v) is 10.3. The summed E-state index contributed by atoms with van der Waals surface area (Å²) in [5, 5.41) is 4.86. The summed E-state index contributed by atoms with van der Waals surface area (Å²) < 4.78 is 0. The summed E-state index contributed by atoms with van der Waals surface area (Å²) in [7, 11) is 0. The fourth-order valence-corrected chi connectivity index (χ4v) is 3.15. The average Bonchev–Trinajstić information content (AvgIpc) is 2.69. The molecule has 2 atom stereocenters. The van der Waals surface area contributed by atoms with Crippen LogP contribution in [0.2, 0.25) is 5.02 Å². The number of thioether (sulfide) groups is 1. The van der Waals surface area contributed by atoms with Crippen LogP contribution < -0.4 is 5.32 Å². The van der Waals surface area contributed by atoms with Crippen LogP contribution in [0.5, 0.6) is 0 Å². The smallest absolute Gasteiger partial charge is 0.145 e. The molecule has 1 fully saturated rings. The van der Waals surface area contributed by atoms with E-state index < -0.39 is 0 Å². The Kier molecular flexibility index (Phi) is 3.76. The van der Waals surface area contributed by atoms with Gasteiger partial charge in [0, 0.05) is 17.5 Å². The van der Waals surface area contributed by atoms with E-state index in [1.165, 1.54) is 19.3 Å². The summed E-state index contributed by atoms with van der Waals surface area (Å²) in [6.07, 6.45) is 7.76. The summed E-state index contributed by atoms with van der Waals surface area (Å²) in [6.45, 7) is 0. The average molecular weight is 243 g/mol. The standard InChI is InChI=1S/C11H15ClN2S/c1-15-10-6-2-5-9(10)14-11-8(12)4-3-7-13-11/h3-4,7,9-10H,2,5-6H2,1H3,(H,13,14). The van der Waals surface area contributed by atoms with Crippen LogP contribution in [0.4, 0.5) is 5.82 Å². The molecule has 1 N–H and O–H groups in total. The molecule has 4 heteroatoms. The number of nitrogens with one attached hydrogen (secondary N) is 1. The van der Waals surface area contributed by atoms with Gasteiger partial charge in [-0.05, 0) is 31.2 Å². The number of rotatable bonds is 3. The quantitative estimate of drug-likeness (QED) is 0.879. The first-order valence-electron chi connectivity index (χ1n) is 5.21. The van der Waals surface area contributed by atoms with Crippen molar-refractivity contribution in [3.05, 3.63) is 23.4 Å². The van der Waals surface area contributed by atoms with E-state index in [9.17, 15) is 0 Å². The van der Waals surface area contributed by atoms with Gasteiger partial charge in [-0.2, -0.15) is 11.8 Å². The first-order chi connectivity index (χ1) is 7.31. The van der Waals surface area contributed by atoms with Crippen LogP contribution in [-0.4, -0.2) is 22.5 Å². The molecule has 1 aromatic heterocycles. The van der Waals surface area contributed by atoms with Gasteiger partial charge in [-0.15, -0.1) is 0 Å². The molecule has 2 unspecified atom stereocenters. The zero-order chi connectivity index (χ0) is 10.7. The number of halogens is 1. The second-order valence-corrected chi connectivity index (χ2v) is 5.27. The number of pyridine rings is 1. The van der Waals surface area contributed by atoms with Crippen molar-refractivity contribution in [1.29, 1.82) is 0 Å². The van der Waals surface area contributed by atoms with E-state index >= 15 is 0 Å². The minimum absolute atomic E-state index is 0.521. The number of aromatic nitrogens is 1. The Morgan fingerprint density at radius 2 is 2.40 bits per heavy atom. The highest BCUT2D eigenvalue weighted by Gasteiger charge is 2.26. The lowest BCUT2D eigenvalue weighted by atomic mass is 10.2. The largest absolute Gasteiger partial charge is 0.365 e. The van der Waals surface area contributed by atoms with Crippen molar-refractivity contribution in [2.45, 2.75) is 30.6 Å². The summed E-state index contributed by atoms with van der Waals surface area (Å²) >= 11 is 7.99. The Morgan fingerprint density at radius 1 is 1.53 bits per heavy atom. The van der Waals surface area contributed by atoms with Crippen LogP contribution in [0.15, 0.2) is 18.3 Å². The Balaban J connectivity index is 2.05. The molecule has 0 aromatic carbocycles. The van der Waals surface area contributed by atoms with Crippen LogP contribution in [-0.2, 0) is 0 Å². The lowest BCUT2D eigenvalue weighted by molar-refractivity contribution is 0.763. The fourth-order valence-electron chi connectivity index (χ4n) is 2.04. The van der Waals surface area contributed by atoms with Crippen molar-refractivity contribution in [3.63, 3.8) is 0 Å². The number of nitrogens with zero attached hydrogens (tertiary/aromatic N) is 1. The third-order valence-electron chi connectivity index (χ3n) is 2.84. The SMILES string of the molecule is CSC1CCCC1Nc1ncccc1Cl. The normalized spacial score (nSPS) is 25.5.